The van der Waals surface area contributed by atoms with Crippen molar-refractivity contribution in [1.29, 1.82) is 0 Å². The van der Waals surface area contributed by atoms with Gasteiger partial charge in [-0.1, -0.05) is 164 Å². The van der Waals surface area contributed by atoms with Crippen LogP contribution in [-0.4, -0.2) is 19.5 Å². The van der Waals surface area contributed by atoms with E-state index in [-0.39, 0.29) is 0 Å². The van der Waals surface area contributed by atoms with Gasteiger partial charge in [0.05, 0.1) is 15.7 Å². The van der Waals surface area contributed by atoms with Crippen LogP contribution in [0.4, 0.5) is 0 Å². The summed E-state index contributed by atoms with van der Waals surface area (Å²) in [6, 6.07) is 68.5. The first-order valence-corrected chi connectivity index (χ1v) is 19.6. The molecule has 11 rings (SSSR count). The lowest BCUT2D eigenvalue weighted by Gasteiger charge is -2.16. The van der Waals surface area contributed by atoms with E-state index in [1.54, 1.807) is 0 Å². The minimum absolute atomic E-state index is 0.625. The highest BCUT2D eigenvalue weighted by Gasteiger charge is 2.21. The van der Waals surface area contributed by atoms with Crippen molar-refractivity contribution in [3.63, 3.8) is 0 Å². The van der Waals surface area contributed by atoms with Gasteiger partial charge in [-0.05, 0) is 52.6 Å². The zero-order valence-electron chi connectivity index (χ0n) is 30.2. The molecule has 0 radical (unpaired) electrons. The smallest absolute Gasteiger partial charge is 0.164 e. The maximum Gasteiger partial charge on any atom is 0.164 e. The predicted molar refractivity (Wildman–Crippen MR) is 234 cm³/mol. The third kappa shape index (κ3) is 5.40. The maximum absolute atomic E-state index is 5.22. The van der Waals surface area contributed by atoms with Gasteiger partial charge < -0.3 is 4.57 Å². The van der Waals surface area contributed by atoms with Crippen LogP contribution in [0.1, 0.15) is 0 Å². The molecule has 8 aromatic carbocycles. The van der Waals surface area contributed by atoms with Crippen molar-refractivity contribution in [2.24, 2.45) is 0 Å². The van der Waals surface area contributed by atoms with E-state index in [0.717, 1.165) is 39.1 Å². The first kappa shape index (κ1) is 32.2. The number of hydrogen-bond donors (Lipinski definition) is 0. The summed E-state index contributed by atoms with van der Waals surface area (Å²) in [7, 11) is 0. The van der Waals surface area contributed by atoms with Crippen LogP contribution >= 0.6 is 11.3 Å². The van der Waals surface area contributed by atoms with Crippen molar-refractivity contribution in [1.82, 2.24) is 19.5 Å². The highest BCUT2D eigenvalue weighted by molar-refractivity contribution is 7.26. The van der Waals surface area contributed by atoms with Crippen molar-refractivity contribution < 1.29 is 0 Å². The predicted octanol–water partition coefficient (Wildman–Crippen LogP) is 13.7. The number of fused-ring (bicyclic) bond motifs is 7. The third-order valence-corrected chi connectivity index (χ3v) is 11.9. The summed E-state index contributed by atoms with van der Waals surface area (Å²) in [5, 5.41) is 5.06. The van der Waals surface area contributed by atoms with Gasteiger partial charge in [0.15, 0.2) is 17.5 Å². The molecule has 0 aliphatic rings. The lowest BCUT2D eigenvalue weighted by molar-refractivity contribution is 1.07. The molecule has 0 N–H and O–H groups in total. The molecule has 0 aliphatic carbocycles. The fourth-order valence-electron chi connectivity index (χ4n) is 8.01. The monoisotopic (exact) mass is 732 g/mol. The summed E-state index contributed by atoms with van der Waals surface area (Å²) in [4.78, 5) is 15.5. The highest BCUT2D eigenvalue weighted by atomic mass is 32.1. The van der Waals surface area contributed by atoms with Gasteiger partial charge in [-0.2, -0.15) is 0 Å². The van der Waals surface area contributed by atoms with Gasteiger partial charge in [0.25, 0.3) is 0 Å². The van der Waals surface area contributed by atoms with Crippen molar-refractivity contribution >= 4 is 53.3 Å². The van der Waals surface area contributed by atoms with Crippen LogP contribution in [0.15, 0.2) is 194 Å². The molecule has 0 atom stereocenters. The van der Waals surface area contributed by atoms with Crippen molar-refractivity contribution in [2.75, 3.05) is 0 Å². The van der Waals surface area contributed by atoms with Gasteiger partial charge in [0, 0.05) is 48.6 Å². The van der Waals surface area contributed by atoms with E-state index in [1.807, 2.05) is 35.6 Å². The molecule has 0 saturated heterocycles. The van der Waals surface area contributed by atoms with Crippen molar-refractivity contribution in [3.05, 3.63) is 194 Å². The summed E-state index contributed by atoms with van der Waals surface area (Å²) in [6.07, 6.45) is 0. The van der Waals surface area contributed by atoms with E-state index < -0.39 is 0 Å². The SMILES string of the molecule is c1ccc(-c2ccc(-c3nc(-c4ccccc4)nc(-c4ccc(-n5c6ccccc6c6ccc7c8ccccc8sc7c65)cc4-c4ccccc4)n3)cc2)cc1. The summed E-state index contributed by atoms with van der Waals surface area (Å²) in [5.41, 5.74) is 10.7. The summed E-state index contributed by atoms with van der Waals surface area (Å²) in [5.74, 6) is 1.89. The number of thiophene rings is 1. The Labute approximate surface area is 327 Å². The summed E-state index contributed by atoms with van der Waals surface area (Å²) < 4.78 is 5.03. The first-order chi connectivity index (χ1) is 27.8. The van der Waals surface area contributed by atoms with Gasteiger partial charge in [0.2, 0.25) is 0 Å². The molecule has 11 aromatic rings. The average molecular weight is 733 g/mol. The number of benzene rings is 8. The molecule has 0 fully saturated rings. The fourth-order valence-corrected chi connectivity index (χ4v) is 9.25. The number of aromatic nitrogens is 4. The quantitative estimate of drug-likeness (QED) is 0.171. The van der Waals surface area contributed by atoms with Crippen LogP contribution in [0, 0.1) is 0 Å². The van der Waals surface area contributed by atoms with Gasteiger partial charge in [-0.25, -0.2) is 15.0 Å². The minimum atomic E-state index is 0.625. The summed E-state index contributed by atoms with van der Waals surface area (Å²) in [6.45, 7) is 0. The van der Waals surface area contributed by atoms with Crippen LogP contribution in [-0.2, 0) is 0 Å². The number of nitrogens with zero attached hydrogens (tertiary/aromatic N) is 4. The van der Waals surface area contributed by atoms with Crippen LogP contribution in [0.2, 0.25) is 0 Å². The van der Waals surface area contributed by atoms with E-state index in [1.165, 1.54) is 47.5 Å². The molecule has 0 amide bonds. The molecule has 3 aromatic heterocycles. The number of para-hydroxylation sites is 1. The van der Waals surface area contributed by atoms with E-state index in [9.17, 15) is 0 Å². The molecule has 0 spiro atoms. The van der Waals surface area contributed by atoms with Gasteiger partial charge in [-0.3, -0.25) is 0 Å². The summed E-state index contributed by atoms with van der Waals surface area (Å²) >= 11 is 1.87. The van der Waals surface area contributed by atoms with Gasteiger partial charge in [0.1, 0.15) is 0 Å². The Bertz CT molecular complexity index is 3220. The van der Waals surface area contributed by atoms with E-state index >= 15 is 0 Å². The normalized spacial score (nSPS) is 11.6. The lowest BCUT2D eigenvalue weighted by Crippen LogP contribution is -2.02. The second kappa shape index (κ2) is 13.3. The highest BCUT2D eigenvalue weighted by Crippen LogP contribution is 2.44. The second-order valence-electron chi connectivity index (χ2n) is 14.0. The fraction of sp³-hybridized carbons (Fsp3) is 0. The number of hydrogen-bond acceptors (Lipinski definition) is 4. The van der Waals surface area contributed by atoms with E-state index in [4.69, 9.17) is 15.0 Å². The van der Waals surface area contributed by atoms with E-state index in [0.29, 0.717) is 17.5 Å². The standard InChI is InChI=1S/C51H32N4S/c1-4-14-33(15-5-1)34-24-26-37(27-25-34)50-52-49(36-18-8-3-9-19-36)53-51(54-50)43-29-28-38(32-44(43)35-16-6-2-7-17-35)55-45-22-12-10-20-39(45)41-30-31-42-40-21-11-13-23-46(40)56-48(42)47(41)55/h1-32H. The van der Waals surface area contributed by atoms with Crippen LogP contribution < -0.4 is 0 Å². The third-order valence-electron chi connectivity index (χ3n) is 10.7. The van der Waals surface area contributed by atoms with Crippen LogP contribution in [0.5, 0.6) is 0 Å². The Balaban J connectivity index is 1.14. The molecule has 0 aliphatic heterocycles. The van der Waals surface area contributed by atoms with Gasteiger partial charge >= 0.3 is 0 Å². The molecular weight excluding hydrogens is 701 g/mol. The van der Waals surface area contributed by atoms with Crippen LogP contribution in [0.25, 0.3) is 104 Å². The molecule has 262 valence electrons. The van der Waals surface area contributed by atoms with Crippen LogP contribution in [0.3, 0.4) is 0 Å². The molecule has 4 nitrogen and oxygen atoms in total. The Morgan fingerprint density at radius 1 is 0.357 bits per heavy atom. The molecule has 0 saturated carbocycles. The molecule has 56 heavy (non-hydrogen) atoms. The van der Waals surface area contributed by atoms with Crippen molar-refractivity contribution in [3.8, 4) is 62.1 Å². The molecular formula is C51H32N4S. The van der Waals surface area contributed by atoms with E-state index in [2.05, 4.69) is 174 Å². The van der Waals surface area contributed by atoms with Gasteiger partial charge in [-0.15, -0.1) is 11.3 Å². The van der Waals surface area contributed by atoms with Crippen molar-refractivity contribution in [2.45, 2.75) is 0 Å². The number of rotatable bonds is 6. The minimum Gasteiger partial charge on any atom is -0.308 e. The Hall–Kier alpha value is -7.21. The Kier molecular flexibility index (Phi) is 7.64. The molecule has 5 heteroatoms. The largest absolute Gasteiger partial charge is 0.308 e. The lowest BCUT2D eigenvalue weighted by atomic mass is 9.98. The second-order valence-corrected chi connectivity index (χ2v) is 15.1. The Morgan fingerprint density at radius 3 is 1.62 bits per heavy atom. The first-order valence-electron chi connectivity index (χ1n) is 18.8. The Morgan fingerprint density at radius 2 is 0.893 bits per heavy atom. The zero-order valence-corrected chi connectivity index (χ0v) is 31.0. The molecule has 0 bridgehead atoms. The maximum atomic E-state index is 5.22. The molecule has 0 unspecified atom stereocenters. The topological polar surface area (TPSA) is 43.6 Å². The zero-order chi connectivity index (χ0) is 37.0. The molecule has 3 heterocycles. The average Bonchev–Trinajstić information content (AvgIpc) is 3.83.